The van der Waals surface area contributed by atoms with Crippen molar-refractivity contribution >= 4 is 22.5 Å². The zero-order valence-electron chi connectivity index (χ0n) is 10.9. The van der Waals surface area contributed by atoms with Gasteiger partial charge in [0.15, 0.2) is 0 Å². The van der Waals surface area contributed by atoms with Gasteiger partial charge in [0.1, 0.15) is 0 Å². The highest BCUT2D eigenvalue weighted by Gasteiger charge is 2.02. The van der Waals surface area contributed by atoms with Crippen molar-refractivity contribution < 1.29 is 0 Å². The molecule has 0 atom stereocenters. The van der Waals surface area contributed by atoms with Crippen molar-refractivity contribution in [3.63, 3.8) is 0 Å². The number of rotatable bonds is 3. The summed E-state index contributed by atoms with van der Waals surface area (Å²) in [6.45, 7) is 3.08. The average Bonchev–Trinajstić information content (AvgIpc) is 2.82. The van der Waals surface area contributed by atoms with Crippen molar-refractivity contribution in [3.05, 3.63) is 70.9 Å². The summed E-state index contributed by atoms with van der Waals surface area (Å²) in [6.07, 6.45) is 3.21. The molecule has 0 aliphatic heterocycles. The predicted octanol–water partition coefficient (Wildman–Crippen LogP) is 4.91. The van der Waals surface area contributed by atoms with E-state index < -0.39 is 0 Å². The molecule has 0 fully saturated rings. The lowest BCUT2D eigenvalue weighted by Gasteiger charge is -2.06. The molecule has 0 aliphatic carbocycles. The van der Waals surface area contributed by atoms with Crippen LogP contribution < -0.4 is 0 Å². The third-order valence-corrected chi connectivity index (χ3v) is 3.75. The Hall–Kier alpha value is -1.73. The molecule has 1 nitrogen and oxygen atoms in total. The van der Waals surface area contributed by atoms with Gasteiger partial charge in [0.25, 0.3) is 0 Å². The fourth-order valence-electron chi connectivity index (χ4n) is 2.39. The van der Waals surface area contributed by atoms with Crippen LogP contribution in [0.2, 0.25) is 5.02 Å². The second kappa shape index (κ2) is 5.10. The third-order valence-electron chi connectivity index (χ3n) is 3.52. The van der Waals surface area contributed by atoms with Crippen LogP contribution in [0, 0.1) is 0 Å². The SMILES string of the molecule is CCc1ccc(Cn2ccc3cc(Cl)ccc32)cc1. The maximum Gasteiger partial charge on any atom is 0.0484 e. The quantitative estimate of drug-likeness (QED) is 0.637. The van der Waals surface area contributed by atoms with Crippen molar-refractivity contribution in [3.8, 4) is 0 Å². The molecule has 0 saturated heterocycles. The molecule has 1 heterocycles. The zero-order valence-corrected chi connectivity index (χ0v) is 11.7. The maximum atomic E-state index is 6.01. The van der Waals surface area contributed by atoms with E-state index in [-0.39, 0.29) is 0 Å². The molecule has 3 rings (SSSR count). The van der Waals surface area contributed by atoms with E-state index in [1.165, 1.54) is 22.0 Å². The van der Waals surface area contributed by atoms with Gasteiger partial charge in [0.05, 0.1) is 0 Å². The van der Waals surface area contributed by atoms with Gasteiger partial charge >= 0.3 is 0 Å². The molecule has 1 aromatic heterocycles. The van der Waals surface area contributed by atoms with Crippen molar-refractivity contribution in [2.24, 2.45) is 0 Å². The number of fused-ring (bicyclic) bond motifs is 1. The minimum Gasteiger partial charge on any atom is -0.343 e. The zero-order chi connectivity index (χ0) is 13.2. The first-order valence-corrected chi connectivity index (χ1v) is 6.96. The molecule has 0 N–H and O–H groups in total. The Morgan fingerprint density at radius 1 is 0.947 bits per heavy atom. The Labute approximate surface area is 118 Å². The number of aromatic nitrogens is 1. The Bertz CT molecular complexity index is 695. The van der Waals surface area contributed by atoms with E-state index >= 15 is 0 Å². The lowest BCUT2D eigenvalue weighted by atomic mass is 10.1. The Balaban J connectivity index is 1.92. The number of nitrogens with zero attached hydrogens (tertiary/aromatic N) is 1. The van der Waals surface area contributed by atoms with E-state index in [0.29, 0.717) is 0 Å². The normalized spacial score (nSPS) is 11.1. The van der Waals surface area contributed by atoms with Gasteiger partial charge in [-0.25, -0.2) is 0 Å². The van der Waals surface area contributed by atoms with Gasteiger partial charge < -0.3 is 4.57 Å². The number of benzene rings is 2. The van der Waals surface area contributed by atoms with Gasteiger partial charge in [-0.2, -0.15) is 0 Å². The summed E-state index contributed by atoms with van der Waals surface area (Å²) in [5, 5.41) is 1.98. The van der Waals surface area contributed by atoms with Crippen molar-refractivity contribution in [1.82, 2.24) is 4.57 Å². The molecular formula is C17H16ClN. The molecule has 0 amide bonds. The van der Waals surface area contributed by atoms with Gasteiger partial charge in [-0.05, 0) is 41.8 Å². The summed E-state index contributed by atoms with van der Waals surface area (Å²) >= 11 is 6.01. The first-order valence-electron chi connectivity index (χ1n) is 6.58. The van der Waals surface area contributed by atoms with Crippen molar-refractivity contribution in [2.75, 3.05) is 0 Å². The minimum atomic E-state index is 0.789. The Morgan fingerprint density at radius 3 is 2.42 bits per heavy atom. The summed E-state index contributed by atoms with van der Waals surface area (Å²) in [5.41, 5.74) is 3.93. The molecular weight excluding hydrogens is 254 g/mol. The summed E-state index contributed by atoms with van der Waals surface area (Å²) in [5.74, 6) is 0. The second-order valence-corrected chi connectivity index (χ2v) is 5.25. The average molecular weight is 270 g/mol. The Kier molecular flexibility index (Phi) is 3.31. The molecule has 0 saturated carbocycles. The van der Waals surface area contributed by atoms with Gasteiger partial charge in [-0.15, -0.1) is 0 Å². The molecule has 0 bridgehead atoms. The highest BCUT2D eigenvalue weighted by Crippen LogP contribution is 2.21. The van der Waals surface area contributed by atoms with Crippen molar-refractivity contribution in [1.29, 1.82) is 0 Å². The molecule has 96 valence electrons. The predicted molar refractivity (Wildman–Crippen MR) is 81.9 cm³/mol. The molecule has 0 radical (unpaired) electrons. The van der Waals surface area contributed by atoms with Gasteiger partial charge in [0, 0.05) is 28.7 Å². The van der Waals surface area contributed by atoms with E-state index in [1.807, 2.05) is 12.1 Å². The van der Waals surface area contributed by atoms with E-state index in [2.05, 4.69) is 54.1 Å². The van der Waals surface area contributed by atoms with E-state index in [0.717, 1.165) is 18.0 Å². The minimum absolute atomic E-state index is 0.789. The smallest absolute Gasteiger partial charge is 0.0484 e. The molecule has 0 aliphatic rings. The fraction of sp³-hybridized carbons (Fsp3) is 0.176. The van der Waals surface area contributed by atoms with Gasteiger partial charge in [0.2, 0.25) is 0 Å². The number of hydrogen-bond acceptors (Lipinski definition) is 0. The number of hydrogen-bond donors (Lipinski definition) is 0. The second-order valence-electron chi connectivity index (χ2n) is 4.82. The van der Waals surface area contributed by atoms with Crippen LogP contribution in [0.4, 0.5) is 0 Å². The molecule has 0 spiro atoms. The molecule has 3 aromatic rings. The number of aryl methyl sites for hydroxylation is 1. The molecule has 2 heteroatoms. The van der Waals surface area contributed by atoms with E-state index in [1.54, 1.807) is 0 Å². The first-order chi connectivity index (χ1) is 9.26. The van der Waals surface area contributed by atoms with Gasteiger partial charge in [-0.3, -0.25) is 0 Å². The standard InChI is InChI=1S/C17H16ClN/c1-2-13-3-5-14(6-4-13)12-19-10-9-15-11-16(18)7-8-17(15)19/h3-11H,2,12H2,1H3. The van der Waals surface area contributed by atoms with Crippen LogP contribution in [0.5, 0.6) is 0 Å². The topological polar surface area (TPSA) is 4.93 Å². The van der Waals surface area contributed by atoms with Crippen molar-refractivity contribution in [2.45, 2.75) is 19.9 Å². The fourth-order valence-corrected chi connectivity index (χ4v) is 2.57. The van der Waals surface area contributed by atoms with Crippen LogP contribution in [0.25, 0.3) is 10.9 Å². The number of halogens is 1. The van der Waals surface area contributed by atoms with Gasteiger partial charge in [-0.1, -0.05) is 42.8 Å². The lowest BCUT2D eigenvalue weighted by Crippen LogP contribution is -1.97. The van der Waals surface area contributed by atoms with Crippen LogP contribution in [-0.2, 0) is 13.0 Å². The molecule has 2 aromatic carbocycles. The maximum absolute atomic E-state index is 6.01. The monoisotopic (exact) mass is 269 g/mol. The summed E-state index contributed by atoms with van der Waals surface area (Å²) in [7, 11) is 0. The van der Waals surface area contributed by atoms with E-state index in [4.69, 9.17) is 11.6 Å². The summed E-state index contributed by atoms with van der Waals surface area (Å²) < 4.78 is 2.26. The Morgan fingerprint density at radius 2 is 1.68 bits per heavy atom. The molecule has 0 unspecified atom stereocenters. The van der Waals surface area contributed by atoms with Crippen LogP contribution in [0.15, 0.2) is 54.7 Å². The van der Waals surface area contributed by atoms with Crippen LogP contribution in [-0.4, -0.2) is 4.57 Å². The van der Waals surface area contributed by atoms with E-state index in [9.17, 15) is 0 Å². The molecule has 19 heavy (non-hydrogen) atoms. The van der Waals surface area contributed by atoms with Crippen LogP contribution in [0.1, 0.15) is 18.1 Å². The highest BCUT2D eigenvalue weighted by molar-refractivity contribution is 6.31. The summed E-state index contributed by atoms with van der Waals surface area (Å²) in [4.78, 5) is 0. The first kappa shape index (κ1) is 12.3. The highest BCUT2D eigenvalue weighted by atomic mass is 35.5. The van der Waals surface area contributed by atoms with Crippen LogP contribution in [0.3, 0.4) is 0 Å². The largest absolute Gasteiger partial charge is 0.343 e. The lowest BCUT2D eigenvalue weighted by molar-refractivity contribution is 0.836. The third kappa shape index (κ3) is 2.52. The van der Waals surface area contributed by atoms with Crippen LogP contribution >= 0.6 is 11.6 Å². The summed E-state index contributed by atoms with van der Waals surface area (Å²) in [6, 6.07) is 17.0.